The van der Waals surface area contributed by atoms with Gasteiger partial charge in [-0.3, -0.25) is 4.79 Å². The minimum atomic E-state index is -2.49. The van der Waals surface area contributed by atoms with E-state index < -0.39 is 7.14 Å². The highest BCUT2D eigenvalue weighted by Gasteiger charge is 2.17. The molecule has 0 bridgehead atoms. The van der Waals surface area contributed by atoms with E-state index in [1.54, 1.807) is 19.5 Å². The van der Waals surface area contributed by atoms with Gasteiger partial charge in [0.2, 0.25) is 11.9 Å². The van der Waals surface area contributed by atoms with E-state index in [2.05, 4.69) is 42.3 Å². The molecule has 204 valence electrons. The van der Waals surface area contributed by atoms with Gasteiger partial charge in [0.25, 0.3) is 0 Å². The topological polar surface area (TPSA) is 102 Å². The molecule has 11 heteroatoms. The lowest BCUT2D eigenvalue weighted by Gasteiger charge is -2.24. The number of benzene rings is 2. The summed E-state index contributed by atoms with van der Waals surface area (Å²) in [4.78, 5) is 25.4. The van der Waals surface area contributed by atoms with Crippen molar-refractivity contribution in [1.29, 1.82) is 0 Å². The van der Waals surface area contributed by atoms with Crippen molar-refractivity contribution in [2.24, 2.45) is 0 Å². The number of nitrogens with zero attached hydrogens (tertiary/aromatic N) is 4. The number of amides is 1. The smallest absolute Gasteiger partial charge is 0.247 e. The summed E-state index contributed by atoms with van der Waals surface area (Å²) >= 11 is 0. The fourth-order valence-corrected chi connectivity index (χ4v) is 4.79. The van der Waals surface area contributed by atoms with E-state index in [0.29, 0.717) is 23.1 Å². The highest BCUT2D eigenvalue weighted by molar-refractivity contribution is 7.70. The summed E-state index contributed by atoms with van der Waals surface area (Å²) < 4.78 is 12.8. The van der Waals surface area contributed by atoms with Crippen LogP contribution in [-0.4, -0.2) is 68.3 Å². The maximum atomic E-state index is 12.8. The number of halogens is 1. The number of carbonyl (C=O) groups is 1. The first-order chi connectivity index (χ1) is 17.5. The van der Waals surface area contributed by atoms with Crippen LogP contribution in [-0.2, 0) is 9.36 Å². The lowest BCUT2D eigenvalue weighted by Crippen LogP contribution is -2.29. The molecule has 1 heterocycles. The minimum absolute atomic E-state index is 0. The van der Waals surface area contributed by atoms with Crippen LogP contribution in [0.5, 0.6) is 0 Å². The van der Waals surface area contributed by atoms with Gasteiger partial charge in [0, 0.05) is 42.9 Å². The number of carbonyl (C=O) groups excluding carboxylic acids is 1. The van der Waals surface area contributed by atoms with Gasteiger partial charge in [0.15, 0.2) is 0 Å². The Morgan fingerprint density at radius 1 is 1.05 bits per heavy atom. The summed E-state index contributed by atoms with van der Waals surface area (Å²) in [5, 5.41) is 10.2. The molecule has 0 aliphatic heterocycles. The summed E-state index contributed by atoms with van der Waals surface area (Å²) in [6.07, 6.45) is 2.97. The minimum Gasteiger partial charge on any atom is -0.372 e. The molecule has 0 atom stereocenters. The monoisotopic (exact) mass is 557 g/mol. The van der Waals surface area contributed by atoms with Gasteiger partial charge in [0.05, 0.1) is 17.1 Å². The van der Waals surface area contributed by atoms with Crippen LogP contribution in [0.15, 0.2) is 61.3 Å². The molecule has 0 radical (unpaired) electrons. The molecular weight excluding hydrogens is 521 g/mol. The number of hydrogen-bond donors (Lipinski definition) is 3. The van der Waals surface area contributed by atoms with Crippen molar-refractivity contribution >= 4 is 65.3 Å². The van der Waals surface area contributed by atoms with Crippen molar-refractivity contribution < 1.29 is 9.36 Å². The van der Waals surface area contributed by atoms with Gasteiger partial charge in [-0.25, -0.2) is 4.98 Å². The van der Waals surface area contributed by atoms with Gasteiger partial charge >= 0.3 is 0 Å². The average molecular weight is 558 g/mol. The highest BCUT2D eigenvalue weighted by Crippen LogP contribution is 2.38. The third kappa shape index (κ3) is 8.31. The number of rotatable bonds is 11. The summed E-state index contributed by atoms with van der Waals surface area (Å²) in [6.45, 7) is 10.6. The second kappa shape index (κ2) is 13.4. The molecule has 0 aliphatic carbocycles. The maximum absolute atomic E-state index is 12.8. The SMILES string of the molecule is C=CC(=O)Nc1cc(Nc2ncc(C)c(Nc3ccccc3P(C)(C)=O)n2)ccc1N(C)CCN(C)C.Cl. The van der Waals surface area contributed by atoms with Crippen LogP contribution in [0.25, 0.3) is 0 Å². The van der Waals surface area contributed by atoms with E-state index in [9.17, 15) is 9.36 Å². The molecule has 0 aliphatic rings. The fourth-order valence-electron chi connectivity index (χ4n) is 3.64. The van der Waals surface area contributed by atoms with Crippen molar-refractivity contribution in [3.05, 3.63) is 66.9 Å². The van der Waals surface area contributed by atoms with Crippen molar-refractivity contribution in [3.63, 3.8) is 0 Å². The Balaban J connectivity index is 0.00000507. The Hall–Kier alpha value is -3.39. The number of aryl methyl sites for hydroxylation is 1. The zero-order valence-electron chi connectivity index (χ0n) is 22.8. The quantitative estimate of drug-likeness (QED) is 0.222. The number of para-hydroxylation sites is 1. The molecule has 9 nitrogen and oxygen atoms in total. The zero-order chi connectivity index (χ0) is 27.2. The third-order valence-corrected chi connectivity index (χ3v) is 7.25. The van der Waals surface area contributed by atoms with E-state index in [4.69, 9.17) is 0 Å². The van der Waals surface area contributed by atoms with Crippen molar-refractivity contribution in [3.8, 4) is 0 Å². The first-order valence-corrected chi connectivity index (χ1v) is 14.5. The molecule has 3 rings (SSSR count). The Kier molecular flexibility index (Phi) is 10.9. The molecule has 0 saturated heterocycles. The van der Waals surface area contributed by atoms with Gasteiger partial charge in [-0.15, -0.1) is 12.4 Å². The van der Waals surface area contributed by atoms with Crippen LogP contribution in [0.4, 0.5) is 34.5 Å². The lowest BCUT2D eigenvalue weighted by molar-refractivity contribution is -0.111. The molecule has 38 heavy (non-hydrogen) atoms. The second-order valence-corrected chi connectivity index (χ2v) is 12.7. The van der Waals surface area contributed by atoms with E-state index in [-0.39, 0.29) is 18.3 Å². The van der Waals surface area contributed by atoms with Crippen LogP contribution in [0.3, 0.4) is 0 Å². The highest BCUT2D eigenvalue weighted by atomic mass is 35.5. The first kappa shape index (κ1) is 30.8. The third-order valence-electron chi connectivity index (χ3n) is 5.70. The second-order valence-electron chi connectivity index (χ2n) is 9.49. The summed E-state index contributed by atoms with van der Waals surface area (Å²) in [5.41, 5.74) is 3.85. The summed E-state index contributed by atoms with van der Waals surface area (Å²) in [7, 11) is 3.54. The molecule has 3 N–H and O–H groups in total. The standard InChI is InChI=1S/C27H36N7O2P.ClH/c1-8-25(35)30-22-17-20(13-14-23(22)34(5)16-15-33(3)4)29-27-28-18-19(2)26(32-27)31-21-11-9-10-12-24(21)37(6,7)36;/h8-14,17-18H,1,15-16H2,2-7H3,(H,30,35)(H2,28,29,31,32);1H. The molecule has 2 aromatic carbocycles. The molecule has 0 unspecified atom stereocenters. The first-order valence-electron chi connectivity index (χ1n) is 11.9. The summed E-state index contributed by atoms with van der Waals surface area (Å²) in [6, 6.07) is 13.2. The van der Waals surface area contributed by atoms with Gasteiger partial charge in [-0.1, -0.05) is 18.7 Å². The Bertz CT molecular complexity index is 1330. The predicted octanol–water partition coefficient (Wildman–Crippen LogP) is 5.06. The summed E-state index contributed by atoms with van der Waals surface area (Å²) in [5.74, 6) is 0.704. The molecule has 3 aromatic rings. The lowest BCUT2D eigenvalue weighted by atomic mass is 10.2. The van der Waals surface area contributed by atoms with E-state index in [0.717, 1.165) is 35.3 Å². The Morgan fingerprint density at radius 2 is 1.76 bits per heavy atom. The number of anilines is 6. The van der Waals surface area contributed by atoms with E-state index >= 15 is 0 Å². The van der Waals surface area contributed by atoms with Gasteiger partial charge in [0.1, 0.15) is 13.0 Å². The number of hydrogen-bond acceptors (Lipinski definition) is 8. The molecule has 0 fully saturated rings. The number of likely N-dealkylation sites (N-methyl/N-ethyl adjacent to an activating group) is 2. The van der Waals surface area contributed by atoms with Crippen LogP contribution in [0.2, 0.25) is 0 Å². The van der Waals surface area contributed by atoms with Crippen LogP contribution in [0, 0.1) is 6.92 Å². The Labute approximate surface area is 231 Å². The largest absolute Gasteiger partial charge is 0.372 e. The van der Waals surface area contributed by atoms with E-state index in [1.165, 1.54) is 6.08 Å². The molecule has 0 spiro atoms. The number of aromatic nitrogens is 2. The molecule has 0 saturated carbocycles. The molecular formula is C27H37ClN7O2P. The van der Waals surface area contributed by atoms with Gasteiger partial charge in [-0.2, -0.15) is 4.98 Å². The predicted molar refractivity (Wildman–Crippen MR) is 163 cm³/mol. The van der Waals surface area contributed by atoms with Gasteiger partial charge < -0.3 is 30.3 Å². The Morgan fingerprint density at radius 3 is 2.42 bits per heavy atom. The molecule has 1 aromatic heterocycles. The maximum Gasteiger partial charge on any atom is 0.247 e. The fraction of sp³-hybridized carbons (Fsp3) is 0.296. The normalized spacial score (nSPS) is 10.9. The van der Waals surface area contributed by atoms with Crippen molar-refractivity contribution in [2.75, 3.05) is 68.4 Å². The van der Waals surface area contributed by atoms with Crippen LogP contribution >= 0.6 is 19.5 Å². The number of nitrogens with one attached hydrogen (secondary N) is 3. The van der Waals surface area contributed by atoms with Crippen molar-refractivity contribution in [1.82, 2.24) is 14.9 Å². The zero-order valence-corrected chi connectivity index (χ0v) is 24.5. The van der Waals surface area contributed by atoms with E-state index in [1.807, 2.05) is 70.5 Å². The van der Waals surface area contributed by atoms with Crippen LogP contribution in [0.1, 0.15) is 5.56 Å². The average Bonchev–Trinajstić information content (AvgIpc) is 2.84. The molecule has 1 amide bonds. The van der Waals surface area contributed by atoms with Crippen LogP contribution < -0.4 is 26.2 Å². The van der Waals surface area contributed by atoms with Gasteiger partial charge in [-0.05, 0) is 70.8 Å². The van der Waals surface area contributed by atoms with Crippen molar-refractivity contribution in [2.45, 2.75) is 6.92 Å².